The molecule has 0 N–H and O–H groups in total. The first-order valence-electron chi connectivity index (χ1n) is 7.90. The number of hydrogen-bond acceptors (Lipinski definition) is 2. The number of hydrogen-bond donors (Lipinski definition) is 0. The van der Waals surface area contributed by atoms with E-state index in [2.05, 4.69) is 50.2 Å². The topological polar surface area (TPSA) is 18.5 Å². The molecule has 2 aliphatic heterocycles. The van der Waals surface area contributed by atoms with Gasteiger partial charge < -0.3 is 9.47 Å². The van der Waals surface area contributed by atoms with Crippen LogP contribution in [0.4, 0.5) is 0 Å². The van der Waals surface area contributed by atoms with Gasteiger partial charge in [-0.3, -0.25) is 0 Å². The van der Waals surface area contributed by atoms with Crippen molar-refractivity contribution in [2.45, 2.75) is 13.8 Å². The molecule has 3 heteroatoms. The molecule has 0 amide bonds. The summed E-state index contributed by atoms with van der Waals surface area (Å²) in [4.78, 5) is 0. The first-order chi connectivity index (χ1) is 11.2. The number of ether oxygens (including phenoxy) is 2. The molecule has 3 aromatic carbocycles. The highest BCUT2D eigenvalue weighted by molar-refractivity contribution is 6.98. The highest BCUT2D eigenvalue weighted by Crippen LogP contribution is 2.34. The van der Waals surface area contributed by atoms with Crippen LogP contribution in [-0.4, -0.2) is 6.71 Å². The number of fused-ring (bicyclic) bond motifs is 4. The lowest BCUT2D eigenvalue weighted by atomic mass is 9.35. The first-order valence-corrected chi connectivity index (χ1v) is 7.90. The van der Waals surface area contributed by atoms with Crippen molar-refractivity contribution in [2.75, 3.05) is 0 Å². The highest BCUT2D eigenvalue weighted by Gasteiger charge is 2.39. The van der Waals surface area contributed by atoms with E-state index in [0.717, 1.165) is 28.5 Å². The van der Waals surface area contributed by atoms with E-state index in [4.69, 9.17) is 9.47 Å². The van der Waals surface area contributed by atoms with E-state index in [1.165, 1.54) is 22.1 Å². The van der Waals surface area contributed by atoms with Gasteiger partial charge in [0.2, 0.25) is 0 Å². The van der Waals surface area contributed by atoms with Gasteiger partial charge in [0, 0.05) is 5.46 Å². The van der Waals surface area contributed by atoms with Gasteiger partial charge in [0.25, 0.3) is 6.71 Å². The van der Waals surface area contributed by atoms with Crippen LogP contribution in [0, 0.1) is 13.8 Å². The zero-order chi connectivity index (χ0) is 15.6. The SMILES string of the molecule is Cc1ccc2c(c1)Oc1cccc3c1B2c1ccc(C)cc1O3. The third-order valence-corrected chi connectivity index (χ3v) is 4.71. The van der Waals surface area contributed by atoms with Gasteiger partial charge in [-0.1, -0.05) is 30.3 Å². The van der Waals surface area contributed by atoms with E-state index < -0.39 is 0 Å². The molecule has 0 radical (unpaired) electrons. The maximum atomic E-state index is 6.16. The smallest absolute Gasteiger partial charge is 0.260 e. The fourth-order valence-electron chi connectivity index (χ4n) is 3.64. The zero-order valence-electron chi connectivity index (χ0n) is 13.1. The first kappa shape index (κ1) is 12.8. The van der Waals surface area contributed by atoms with Gasteiger partial charge in [0.15, 0.2) is 0 Å². The van der Waals surface area contributed by atoms with Gasteiger partial charge in [-0.2, -0.15) is 0 Å². The Balaban J connectivity index is 1.84. The Kier molecular flexibility index (Phi) is 2.46. The number of aryl methyl sites for hydroxylation is 2. The predicted molar refractivity (Wildman–Crippen MR) is 93.6 cm³/mol. The maximum absolute atomic E-state index is 6.16. The second-order valence-electron chi connectivity index (χ2n) is 6.39. The minimum atomic E-state index is 0.176. The van der Waals surface area contributed by atoms with E-state index in [0.29, 0.717) is 0 Å². The quantitative estimate of drug-likeness (QED) is 0.409. The number of rotatable bonds is 0. The van der Waals surface area contributed by atoms with Crippen molar-refractivity contribution >= 4 is 23.1 Å². The van der Waals surface area contributed by atoms with Gasteiger partial charge in [-0.25, -0.2) is 0 Å². The molecular weight excluding hydrogens is 283 g/mol. The van der Waals surface area contributed by atoms with Crippen molar-refractivity contribution in [1.29, 1.82) is 0 Å². The van der Waals surface area contributed by atoms with Crippen molar-refractivity contribution in [3.63, 3.8) is 0 Å². The van der Waals surface area contributed by atoms with Crippen LogP contribution in [0.2, 0.25) is 0 Å². The summed E-state index contributed by atoms with van der Waals surface area (Å²) in [6, 6.07) is 19.0. The fraction of sp³-hybridized carbons (Fsp3) is 0.100. The summed E-state index contributed by atoms with van der Waals surface area (Å²) in [6.45, 7) is 4.36. The van der Waals surface area contributed by atoms with Gasteiger partial charge in [-0.05, 0) is 60.2 Å². The number of benzene rings is 3. The molecule has 0 saturated carbocycles. The van der Waals surface area contributed by atoms with E-state index in [1.54, 1.807) is 0 Å². The average molecular weight is 298 g/mol. The molecule has 23 heavy (non-hydrogen) atoms. The molecule has 2 nitrogen and oxygen atoms in total. The molecule has 0 unspecified atom stereocenters. The van der Waals surface area contributed by atoms with Crippen LogP contribution in [0.15, 0.2) is 54.6 Å². The zero-order valence-corrected chi connectivity index (χ0v) is 13.1. The van der Waals surface area contributed by atoms with E-state index in [1.807, 2.05) is 18.2 Å². The summed E-state index contributed by atoms with van der Waals surface area (Å²) in [6.07, 6.45) is 0. The van der Waals surface area contributed by atoms with Crippen LogP contribution in [0.5, 0.6) is 23.0 Å². The van der Waals surface area contributed by atoms with Crippen LogP contribution >= 0.6 is 0 Å². The summed E-state index contributed by atoms with van der Waals surface area (Å²) in [7, 11) is 0. The lowest BCUT2D eigenvalue weighted by Gasteiger charge is -2.33. The second kappa shape index (κ2) is 4.42. The summed E-state index contributed by atoms with van der Waals surface area (Å²) >= 11 is 0. The van der Waals surface area contributed by atoms with Crippen LogP contribution in [0.1, 0.15) is 11.1 Å². The Bertz CT molecular complexity index is 888. The molecule has 2 aliphatic rings. The van der Waals surface area contributed by atoms with Gasteiger partial charge in [0.1, 0.15) is 23.0 Å². The van der Waals surface area contributed by atoms with Crippen molar-refractivity contribution < 1.29 is 9.47 Å². The molecule has 0 fully saturated rings. The Morgan fingerprint density at radius 3 is 1.70 bits per heavy atom. The Morgan fingerprint density at radius 1 is 0.652 bits per heavy atom. The van der Waals surface area contributed by atoms with Gasteiger partial charge in [0.05, 0.1) is 0 Å². The predicted octanol–water partition coefficient (Wildman–Crippen LogP) is 3.03. The van der Waals surface area contributed by atoms with Gasteiger partial charge in [-0.15, -0.1) is 0 Å². The largest absolute Gasteiger partial charge is 0.458 e. The van der Waals surface area contributed by atoms with Crippen LogP contribution < -0.4 is 25.9 Å². The van der Waals surface area contributed by atoms with Crippen LogP contribution in [-0.2, 0) is 0 Å². The van der Waals surface area contributed by atoms with E-state index >= 15 is 0 Å². The van der Waals surface area contributed by atoms with Crippen LogP contribution in [0.3, 0.4) is 0 Å². The summed E-state index contributed by atoms with van der Waals surface area (Å²) < 4.78 is 12.3. The molecular formula is C20H15BO2. The molecule has 0 bridgehead atoms. The van der Waals surface area contributed by atoms with Crippen molar-refractivity contribution in [1.82, 2.24) is 0 Å². The maximum Gasteiger partial charge on any atom is 0.260 e. The lowest BCUT2D eigenvalue weighted by molar-refractivity contribution is 0.464. The minimum absolute atomic E-state index is 0.176. The fourth-order valence-corrected chi connectivity index (χ4v) is 3.64. The summed E-state index contributed by atoms with van der Waals surface area (Å²) in [5.41, 5.74) is 5.98. The Morgan fingerprint density at radius 2 is 1.17 bits per heavy atom. The molecule has 0 aromatic heterocycles. The van der Waals surface area contributed by atoms with Crippen molar-refractivity contribution in [3.8, 4) is 23.0 Å². The van der Waals surface area contributed by atoms with Crippen molar-refractivity contribution in [2.24, 2.45) is 0 Å². The van der Waals surface area contributed by atoms with Crippen LogP contribution in [0.25, 0.3) is 0 Å². The monoisotopic (exact) mass is 298 g/mol. The standard InChI is InChI=1S/C20H15BO2/c1-12-6-8-14-18(10-12)22-16-4-3-5-17-20(16)21(14)15-9-7-13(2)11-19(15)23-17/h3-11H,1-2H3. The third kappa shape index (κ3) is 1.77. The van der Waals surface area contributed by atoms with E-state index in [-0.39, 0.29) is 6.71 Å². The third-order valence-electron chi connectivity index (χ3n) is 4.71. The minimum Gasteiger partial charge on any atom is -0.458 e. The second-order valence-corrected chi connectivity index (χ2v) is 6.39. The van der Waals surface area contributed by atoms with Crippen molar-refractivity contribution in [3.05, 3.63) is 65.7 Å². The average Bonchev–Trinajstić information content (AvgIpc) is 2.54. The Labute approximate surface area is 135 Å². The normalized spacial score (nSPS) is 13.4. The molecule has 110 valence electrons. The highest BCUT2D eigenvalue weighted by atomic mass is 16.5. The lowest BCUT2D eigenvalue weighted by Crippen LogP contribution is -2.57. The summed E-state index contributed by atoms with van der Waals surface area (Å²) in [5, 5.41) is 0. The molecule has 0 atom stereocenters. The molecule has 3 aromatic rings. The van der Waals surface area contributed by atoms with Gasteiger partial charge >= 0.3 is 0 Å². The van der Waals surface area contributed by atoms with E-state index in [9.17, 15) is 0 Å². The molecule has 2 heterocycles. The Hall–Kier alpha value is -2.68. The summed E-state index contributed by atoms with van der Waals surface area (Å²) in [5.74, 6) is 3.70. The molecule has 0 saturated heterocycles. The molecule has 0 spiro atoms. The molecule has 5 rings (SSSR count). The molecule has 0 aliphatic carbocycles.